The lowest BCUT2D eigenvalue weighted by atomic mass is 10.3. The first-order valence-electron chi connectivity index (χ1n) is 5.83. The number of nitrogens with zero attached hydrogens (tertiary/aromatic N) is 4. The summed E-state index contributed by atoms with van der Waals surface area (Å²) in [5.41, 5.74) is 0.841. The zero-order chi connectivity index (χ0) is 11.9. The lowest BCUT2D eigenvalue weighted by molar-refractivity contribution is 0.520. The third-order valence-electron chi connectivity index (χ3n) is 2.49. The molecule has 1 aliphatic rings. The summed E-state index contributed by atoms with van der Waals surface area (Å²) in [7, 11) is 1.89. The van der Waals surface area contributed by atoms with E-state index in [1.165, 1.54) is 0 Å². The number of hydrogen-bond acceptors (Lipinski definition) is 5. The molecule has 1 aliphatic heterocycles. The minimum atomic E-state index is 0.828. The summed E-state index contributed by atoms with van der Waals surface area (Å²) in [6, 6.07) is 5.74. The van der Waals surface area contributed by atoms with Gasteiger partial charge in [0.05, 0.1) is 11.9 Å². The SMILES string of the molecule is CN(/N=C/c1ccccn1)C1=NCCCCN1. The average Bonchev–Trinajstić information content (AvgIpc) is 2.66. The van der Waals surface area contributed by atoms with Crippen molar-refractivity contribution in [3.63, 3.8) is 0 Å². The molecule has 0 radical (unpaired) electrons. The highest BCUT2D eigenvalue weighted by Crippen LogP contribution is 1.97. The molecule has 17 heavy (non-hydrogen) atoms. The van der Waals surface area contributed by atoms with Gasteiger partial charge in [0, 0.05) is 26.3 Å². The third-order valence-corrected chi connectivity index (χ3v) is 2.49. The van der Waals surface area contributed by atoms with Crippen molar-refractivity contribution in [2.24, 2.45) is 10.1 Å². The number of aromatic nitrogens is 1. The van der Waals surface area contributed by atoms with Crippen LogP contribution in [-0.4, -0.2) is 42.3 Å². The molecule has 2 heterocycles. The molecule has 90 valence electrons. The standard InChI is InChI=1S/C12H17N5/c1-17(12-14-8-4-5-9-15-12)16-10-11-6-2-3-7-13-11/h2-3,6-7,10H,4-5,8-9H2,1H3,(H,14,15)/b16-10+. The second kappa shape index (κ2) is 5.98. The summed E-state index contributed by atoms with van der Waals surface area (Å²) < 4.78 is 0. The van der Waals surface area contributed by atoms with Crippen molar-refractivity contribution < 1.29 is 0 Å². The Kier molecular flexibility index (Phi) is 4.07. The van der Waals surface area contributed by atoms with Crippen molar-refractivity contribution >= 4 is 12.2 Å². The van der Waals surface area contributed by atoms with Crippen LogP contribution < -0.4 is 5.32 Å². The van der Waals surface area contributed by atoms with Crippen LogP contribution in [0.2, 0.25) is 0 Å². The molecule has 5 nitrogen and oxygen atoms in total. The number of hydrazone groups is 1. The maximum Gasteiger partial charge on any atom is 0.214 e. The Morgan fingerprint density at radius 3 is 3.18 bits per heavy atom. The van der Waals surface area contributed by atoms with Crippen LogP contribution in [0, 0.1) is 0 Å². The van der Waals surface area contributed by atoms with Crippen LogP contribution in [0.15, 0.2) is 34.5 Å². The van der Waals surface area contributed by atoms with Gasteiger partial charge in [-0.25, -0.2) is 5.01 Å². The highest BCUT2D eigenvalue weighted by Gasteiger charge is 2.06. The number of guanidine groups is 1. The molecular weight excluding hydrogens is 214 g/mol. The lowest BCUT2D eigenvalue weighted by Crippen LogP contribution is -2.35. The van der Waals surface area contributed by atoms with Gasteiger partial charge in [0.1, 0.15) is 0 Å². The monoisotopic (exact) mass is 231 g/mol. The van der Waals surface area contributed by atoms with E-state index in [2.05, 4.69) is 20.4 Å². The highest BCUT2D eigenvalue weighted by molar-refractivity contribution is 5.82. The Morgan fingerprint density at radius 1 is 1.41 bits per heavy atom. The van der Waals surface area contributed by atoms with Crippen LogP contribution in [0.1, 0.15) is 18.5 Å². The molecule has 0 aromatic carbocycles. The molecule has 0 saturated heterocycles. The van der Waals surface area contributed by atoms with E-state index in [9.17, 15) is 0 Å². The maximum absolute atomic E-state index is 4.43. The Labute approximate surface area is 101 Å². The van der Waals surface area contributed by atoms with E-state index in [0.717, 1.165) is 37.6 Å². The van der Waals surface area contributed by atoms with Crippen LogP contribution >= 0.6 is 0 Å². The van der Waals surface area contributed by atoms with E-state index in [1.807, 2.05) is 25.2 Å². The predicted molar refractivity (Wildman–Crippen MR) is 69.1 cm³/mol. The molecule has 0 fully saturated rings. The van der Waals surface area contributed by atoms with Crippen molar-refractivity contribution in [1.82, 2.24) is 15.3 Å². The third kappa shape index (κ3) is 3.55. The molecule has 0 unspecified atom stereocenters. The van der Waals surface area contributed by atoms with Gasteiger partial charge in [-0.1, -0.05) is 6.07 Å². The van der Waals surface area contributed by atoms with Gasteiger partial charge >= 0.3 is 0 Å². The van der Waals surface area contributed by atoms with Crippen molar-refractivity contribution in [3.8, 4) is 0 Å². The number of rotatable bonds is 2. The summed E-state index contributed by atoms with van der Waals surface area (Å²) in [5, 5.41) is 9.32. The number of pyridine rings is 1. The summed E-state index contributed by atoms with van der Waals surface area (Å²) in [4.78, 5) is 8.61. The first-order valence-corrected chi connectivity index (χ1v) is 5.83. The summed E-state index contributed by atoms with van der Waals surface area (Å²) in [6.45, 7) is 1.83. The predicted octanol–water partition coefficient (Wildman–Crippen LogP) is 1.09. The fraction of sp³-hybridized carbons (Fsp3) is 0.417. The van der Waals surface area contributed by atoms with E-state index in [-0.39, 0.29) is 0 Å². The quantitative estimate of drug-likeness (QED) is 0.612. The van der Waals surface area contributed by atoms with Crippen molar-refractivity contribution in [1.29, 1.82) is 0 Å². The minimum Gasteiger partial charge on any atom is -0.355 e. The molecule has 2 rings (SSSR count). The summed E-state index contributed by atoms with van der Waals surface area (Å²) in [6.07, 6.45) is 5.77. The Hall–Kier alpha value is -1.91. The fourth-order valence-corrected chi connectivity index (χ4v) is 1.55. The molecule has 0 saturated carbocycles. The molecule has 5 heteroatoms. The zero-order valence-electron chi connectivity index (χ0n) is 10.0. The Balaban J connectivity index is 1.98. The van der Waals surface area contributed by atoms with Crippen LogP contribution in [0.5, 0.6) is 0 Å². The molecule has 0 amide bonds. The molecule has 1 N–H and O–H groups in total. The van der Waals surface area contributed by atoms with E-state index in [1.54, 1.807) is 17.4 Å². The van der Waals surface area contributed by atoms with Gasteiger partial charge in [0.15, 0.2) is 0 Å². The topological polar surface area (TPSA) is 52.9 Å². The molecule has 0 spiro atoms. The van der Waals surface area contributed by atoms with Gasteiger partial charge in [-0.05, 0) is 25.0 Å². The van der Waals surface area contributed by atoms with Crippen LogP contribution in [0.25, 0.3) is 0 Å². The van der Waals surface area contributed by atoms with Gasteiger partial charge in [-0.3, -0.25) is 9.98 Å². The van der Waals surface area contributed by atoms with Gasteiger partial charge in [0.25, 0.3) is 0 Å². The van der Waals surface area contributed by atoms with Crippen molar-refractivity contribution in [3.05, 3.63) is 30.1 Å². The number of hydrogen-bond donors (Lipinski definition) is 1. The summed E-state index contributed by atoms with van der Waals surface area (Å²) in [5.74, 6) is 0.828. The Morgan fingerprint density at radius 2 is 2.35 bits per heavy atom. The molecule has 1 aromatic rings. The maximum atomic E-state index is 4.43. The first kappa shape index (κ1) is 11.6. The van der Waals surface area contributed by atoms with Crippen LogP contribution in [0.3, 0.4) is 0 Å². The minimum absolute atomic E-state index is 0.828. The second-order valence-electron chi connectivity index (χ2n) is 3.86. The van der Waals surface area contributed by atoms with Crippen molar-refractivity contribution in [2.45, 2.75) is 12.8 Å². The molecule has 0 atom stereocenters. The molecule has 0 bridgehead atoms. The molecular formula is C12H17N5. The lowest BCUT2D eigenvalue weighted by Gasteiger charge is -2.15. The molecule has 1 aromatic heterocycles. The summed E-state index contributed by atoms with van der Waals surface area (Å²) >= 11 is 0. The van der Waals surface area contributed by atoms with Gasteiger partial charge < -0.3 is 5.32 Å². The van der Waals surface area contributed by atoms with E-state index < -0.39 is 0 Å². The average molecular weight is 231 g/mol. The van der Waals surface area contributed by atoms with Gasteiger partial charge in [-0.2, -0.15) is 5.10 Å². The normalized spacial score (nSPS) is 16.2. The largest absolute Gasteiger partial charge is 0.355 e. The molecule has 0 aliphatic carbocycles. The Bertz CT molecular complexity index is 399. The number of aliphatic imine (C=N–C) groups is 1. The van der Waals surface area contributed by atoms with Gasteiger partial charge in [0.2, 0.25) is 5.96 Å². The highest BCUT2D eigenvalue weighted by atomic mass is 15.5. The van der Waals surface area contributed by atoms with E-state index in [4.69, 9.17) is 0 Å². The second-order valence-corrected chi connectivity index (χ2v) is 3.86. The van der Waals surface area contributed by atoms with E-state index in [0.29, 0.717) is 0 Å². The fourth-order valence-electron chi connectivity index (χ4n) is 1.55. The van der Waals surface area contributed by atoms with Crippen LogP contribution in [-0.2, 0) is 0 Å². The van der Waals surface area contributed by atoms with Gasteiger partial charge in [-0.15, -0.1) is 0 Å². The van der Waals surface area contributed by atoms with Crippen LogP contribution in [0.4, 0.5) is 0 Å². The van der Waals surface area contributed by atoms with Crippen molar-refractivity contribution in [2.75, 3.05) is 20.1 Å². The number of nitrogens with one attached hydrogen (secondary N) is 1. The smallest absolute Gasteiger partial charge is 0.214 e. The first-order chi connectivity index (χ1) is 8.36. The van der Waals surface area contributed by atoms with E-state index >= 15 is 0 Å². The zero-order valence-corrected chi connectivity index (χ0v) is 10.0.